The van der Waals surface area contributed by atoms with Gasteiger partial charge in [0.15, 0.2) is 0 Å². The van der Waals surface area contributed by atoms with Gasteiger partial charge in [0.1, 0.15) is 0 Å². The smallest absolute Gasteiger partial charge is 0.0480 e. The van der Waals surface area contributed by atoms with Gasteiger partial charge in [0.05, 0.1) is 0 Å². The number of rotatable bonds is 2. The van der Waals surface area contributed by atoms with Crippen LogP contribution in [0.15, 0.2) is 24.3 Å². The Morgan fingerprint density at radius 2 is 1.80 bits per heavy atom. The zero-order chi connectivity index (χ0) is 14.1. The van der Waals surface area contributed by atoms with Crippen molar-refractivity contribution >= 4 is 0 Å². The van der Waals surface area contributed by atoms with E-state index in [0.717, 1.165) is 32.5 Å². The molecule has 0 saturated carbocycles. The zero-order valence-electron chi connectivity index (χ0n) is 12.6. The molecule has 3 unspecified atom stereocenters. The molecule has 1 fully saturated rings. The summed E-state index contributed by atoms with van der Waals surface area (Å²) in [6.07, 6.45) is 3.43. The van der Waals surface area contributed by atoms with E-state index in [2.05, 4.69) is 43.1 Å². The topological polar surface area (TPSA) is 38.5 Å². The second-order valence-electron chi connectivity index (χ2n) is 6.37. The van der Waals surface area contributed by atoms with Crippen LogP contribution in [0, 0.1) is 0 Å². The van der Waals surface area contributed by atoms with Crippen LogP contribution in [0.4, 0.5) is 0 Å². The molecule has 0 spiro atoms. The lowest BCUT2D eigenvalue weighted by Gasteiger charge is -2.44. The summed E-state index contributed by atoms with van der Waals surface area (Å²) in [5.41, 5.74) is 9.37. The molecule has 3 nitrogen and oxygen atoms in total. The lowest BCUT2D eigenvalue weighted by atomic mass is 9.77. The first kappa shape index (κ1) is 14.1. The summed E-state index contributed by atoms with van der Waals surface area (Å²) in [7, 11) is 2.25. The number of benzene rings is 1. The number of hydrogen-bond acceptors (Lipinski definition) is 3. The second-order valence-corrected chi connectivity index (χ2v) is 6.37. The van der Waals surface area contributed by atoms with E-state index in [1.807, 2.05) is 0 Å². The molecule has 0 aromatic heterocycles. The molecule has 2 aliphatic rings. The third-order valence-electron chi connectivity index (χ3n) is 5.19. The lowest BCUT2D eigenvalue weighted by Crippen LogP contribution is -2.50. The Morgan fingerprint density at radius 3 is 2.50 bits per heavy atom. The first-order valence-corrected chi connectivity index (χ1v) is 7.82. The van der Waals surface area contributed by atoms with Crippen LogP contribution in [0.2, 0.25) is 0 Å². The zero-order valence-corrected chi connectivity index (χ0v) is 12.6. The first-order chi connectivity index (χ1) is 9.68. The second kappa shape index (κ2) is 5.84. The van der Waals surface area contributed by atoms with Gasteiger partial charge in [-0.25, -0.2) is 0 Å². The van der Waals surface area contributed by atoms with E-state index in [4.69, 9.17) is 10.5 Å². The Morgan fingerprint density at radius 1 is 1.15 bits per heavy atom. The number of ether oxygens (including phenoxy) is 1. The highest BCUT2D eigenvalue weighted by atomic mass is 16.5. The minimum atomic E-state index is 0.134. The summed E-state index contributed by atoms with van der Waals surface area (Å²) in [5, 5.41) is 0. The summed E-state index contributed by atoms with van der Waals surface area (Å²) < 4.78 is 5.48. The van der Waals surface area contributed by atoms with Crippen LogP contribution in [0.1, 0.15) is 49.3 Å². The van der Waals surface area contributed by atoms with Crippen molar-refractivity contribution in [3.63, 3.8) is 0 Å². The van der Waals surface area contributed by atoms with Gasteiger partial charge in [-0.05, 0) is 43.4 Å². The highest BCUT2D eigenvalue weighted by Crippen LogP contribution is 2.39. The maximum Gasteiger partial charge on any atom is 0.0480 e. The molecule has 1 aromatic carbocycles. The van der Waals surface area contributed by atoms with Gasteiger partial charge >= 0.3 is 0 Å². The minimum Gasteiger partial charge on any atom is -0.381 e. The number of likely N-dealkylation sites (N-methyl/N-ethyl adjacent to an activating group) is 1. The van der Waals surface area contributed by atoms with Crippen molar-refractivity contribution in [1.82, 2.24) is 4.90 Å². The molecule has 1 aliphatic carbocycles. The van der Waals surface area contributed by atoms with Crippen LogP contribution >= 0.6 is 0 Å². The molecule has 0 bridgehead atoms. The molecule has 1 aromatic rings. The van der Waals surface area contributed by atoms with E-state index in [-0.39, 0.29) is 6.04 Å². The fourth-order valence-corrected chi connectivity index (χ4v) is 3.89. The van der Waals surface area contributed by atoms with E-state index in [1.165, 1.54) is 11.1 Å². The van der Waals surface area contributed by atoms with Crippen molar-refractivity contribution in [2.24, 2.45) is 5.73 Å². The number of nitrogens with zero attached hydrogens (tertiary/aromatic N) is 1. The summed E-state index contributed by atoms with van der Waals surface area (Å²) in [5.74, 6) is 0.596. The van der Waals surface area contributed by atoms with Crippen LogP contribution in [0.25, 0.3) is 0 Å². The third kappa shape index (κ3) is 2.50. The van der Waals surface area contributed by atoms with Gasteiger partial charge in [0.2, 0.25) is 0 Å². The Hall–Kier alpha value is -0.900. The van der Waals surface area contributed by atoms with E-state index >= 15 is 0 Å². The van der Waals surface area contributed by atoms with Gasteiger partial charge in [0, 0.05) is 31.3 Å². The summed E-state index contributed by atoms with van der Waals surface area (Å²) in [6, 6.07) is 9.90. The SMILES string of the molecule is CC1CC(N(C)C2CCOCC2)C(N)c2ccccc21. The van der Waals surface area contributed by atoms with Crippen LogP contribution in [0.5, 0.6) is 0 Å². The standard InChI is InChI=1S/C17H26N2O/c1-12-11-16(19(2)13-7-9-20-10-8-13)17(18)15-6-4-3-5-14(12)15/h3-6,12-13,16-17H,7-11,18H2,1-2H3. The Labute approximate surface area is 122 Å². The van der Waals surface area contributed by atoms with Gasteiger partial charge in [-0.1, -0.05) is 31.2 Å². The van der Waals surface area contributed by atoms with Crippen molar-refractivity contribution in [3.8, 4) is 0 Å². The van der Waals surface area contributed by atoms with Crippen molar-refractivity contribution in [3.05, 3.63) is 35.4 Å². The van der Waals surface area contributed by atoms with Gasteiger partial charge in [-0.15, -0.1) is 0 Å². The lowest BCUT2D eigenvalue weighted by molar-refractivity contribution is 0.0196. The minimum absolute atomic E-state index is 0.134. The van der Waals surface area contributed by atoms with Crippen LogP contribution < -0.4 is 5.73 Å². The van der Waals surface area contributed by atoms with E-state index < -0.39 is 0 Å². The van der Waals surface area contributed by atoms with Crippen molar-refractivity contribution in [2.75, 3.05) is 20.3 Å². The number of hydrogen-bond donors (Lipinski definition) is 1. The Bertz CT molecular complexity index is 456. The predicted molar refractivity (Wildman–Crippen MR) is 81.8 cm³/mol. The van der Waals surface area contributed by atoms with E-state index in [9.17, 15) is 0 Å². The van der Waals surface area contributed by atoms with Gasteiger partial charge in [0.25, 0.3) is 0 Å². The van der Waals surface area contributed by atoms with Crippen LogP contribution in [-0.2, 0) is 4.74 Å². The van der Waals surface area contributed by atoms with Crippen molar-refractivity contribution in [1.29, 1.82) is 0 Å². The average molecular weight is 274 g/mol. The molecule has 0 amide bonds. The third-order valence-corrected chi connectivity index (χ3v) is 5.19. The molecule has 3 atom stereocenters. The normalized spacial score (nSPS) is 31.3. The quantitative estimate of drug-likeness (QED) is 0.901. The fourth-order valence-electron chi connectivity index (χ4n) is 3.89. The molecular formula is C17H26N2O. The molecule has 110 valence electrons. The Balaban J connectivity index is 1.81. The largest absolute Gasteiger partial charge is 0.381 e. The van der Waals surface area contributed by atoms with Crippen molar-refractivity contribution in [2.45, 2.75) is 50.2 Å². The highest BCUT2D eigenvalue weighted by Gasteiger charge is 2.35. The molecule has 1 heterocycles. The van der Waals surface area contributed by atoms with Crippen LogP contribution in [0.3, 0.4) is 0 Å². The molecular weight excluding hydrogens is 248 g/mol. The Kier molecular flexibility index (Phi) is 4.11. The number of nitrogens with two attached hydrogens (primary N) is 1. The molecule has 1 aliphatic heterocycles. The molecule has 2 N–H and O–H groups in total. The van der Waals surface area contributed by atoms with Crippen molar-refractivity contribution < 1.29 is 4.74 Å². The highest BCUT2D eigenvalue weighted by molar-refractivity contribution is 5.36. The molecule has 3 heteroatoms. The molecule has 1 saturated heterocycles. The van der Waals surface area contributed by atoms with Gasteiger partial charge in [-0.2, -0.15) is 0 Å². The molecule has 0 radical (unpaired) electrons. The van der Waals surface area contributed by atoms with Crippen LogP contribution in [-0.4, -0.2) is 37.2 Å². The molecule has 3 rings (SSSR count). The monoisotopic (exact) mass is 274 g/mol. The summed E-state index contributed by atoms with van der Waals surface area (Å²) in [6.45, 7) is 4.11. The maximum absolute atomic E-state index is 6.59. The summed E-state index contributed by atoms with van der Waals surface area (Å²) >= 11 is 0. The molecule has 20 heavy (non-hydrogen) atoms. The first-order valence-electron chi connectivity index (χ1n) is 7.82. The van der Waals surface area contributed by atoms with E-state index in [1.54, 1.807) is 0 Å². The summed E-state index contributed by atoms with van der Waals surface area (Å²) in [4.78, 5) is 2.53. The van der Waals surface area contributed by atoms with E-state index in [0.29, 0.717) is 18.0 Å². The fraction of sp³-hybridized carbons (Fsp3) is 0.647. The van der Waals surface area contributed by atoms with Gasteiger partial charge in [-0.3, -0.25) is 4.90 Å². The van der Waals surface area contributed by atoms with Gasteiger partial charge < -0.3 is 10.5 Å². The number of fused-ring (bicyclic) bond motifs is 1. The average Bonchev–Trinajstić information content (AvgIpc) is 2.51. The predicted octanol–water partition coefficient (Wildman–Crippen LogP) is 2.67. The maximum atomic E-state index is 6.59.